The number of urea groups is 1. The number of rotatable bonds is 6. The highest BCUT2D eigenvalue weighted by Crippen LogP contribution is 1.99. The molecule has 0 radical (unpaired) electrons. The van der Waals surface area contributed by atoms with Gasteiger partial charge in [-0.05, 0) is 13.8 Å². The molecule has 0 aromatic rings. The third-order valence-corrected chi connectivity index (χ3v) is 2.21. The van der Waals surface area contributed by atoms with E-state index in [2.05, 4.69) is 5.32 Å². The van der Waals surface area contributed by atoms with Gasteiger partial charge in [-0.1, -0.05) is 6.92 Å². The molecule has 0 saturated heterocycles. The first-order chi connectivity index (χ1) is 7.40. The van der Waals surface area contributed by atoms with E-state index in [1.54, 1.807) is 0 Å². The van der Waals surface area contributed by atoms with Crippen molar-refractivity contribution in [3.63, 3.8) is 0 Å². The molecule has 0 heterocycles. The first-order valence-electron chi connectivity index (χ1n) is 5.28. The highest BCUT2D eigenvalue weighted by Gasteiger charge is 2.18. The van der Waals surface area contributed by atoms with Crippen molar-refractivity contribution < 1.29 is 19.8 Å². The third-order valence-electron chi connectivity index (χ3n) is 2.21. The molecule has 0 aliphatic carbocycles. The Hall–Kier alpha value is -1.30. The number of hydrogen-bond donors (Lipinski definition) is 3. The van der Waals surface area contributed by atoms with Gasteiger partial charge in [-0.15, -0.1) is 0 Å². The van der Waals surface area contributed by atoms with Gasteiger partial charge < -0.3 is 20.4 Å². The minimum Gasteiger partial charge on any atom is -0.481 e. The molecular weight excluding hydrogens is 212 g/mol. The Morgan fingerprint density at radius 1 is 1.31 bits per heavy atom. The first-order valence-corrected chi connectivity index (χ1v) is 5.28. The van der Waals surface area contributed by atoms with Crippen molar-refractivity contribution in [2.75, 3.05) is 19.7 Å². The van der Waals surface area contributed by atoms with Crippen LogP contribution in [0.15, 0.2) is 0 Å². The van der Waals surface area contributed by atoms with Crippen molar-refractivity contribution in [2.24, 2.45) is 5.92 Å². The molecule has 1 unspecified atom stereocenters. The van der Waals surface area contributed by atoms with Crippen LogP contribution >= 0.6 is 0 Å². The van der Waals surface area contributed by atoms with Crippen molar-refractivity contribution >= 4 is 12.0 Å². The number of nitrogens with one attached hydrogen (secondary N) is 1. The molecule has 6 nitrogen and oxygen atoms in total. The van der Waals surface area contributed by atoms with Gasteiger partial charge in [0.15, 0.2) is 0 Å². The summed E-state index contributed by atoms with van der Waals surface area (Å²) in [7, 11) is 0. The van der Waals surface area contributed by atoms with E-state index in [-0.39, 0.29) is 31.8 Å². The second-order valence-electron chi connectivity index (χ2n) is 3.94. The number of carboxylic acid groups (broad SMARTS) is 1. The molecule has 16 heavy (non-hydrogen) atoms. The molecule has 6 heteroatoms. The Bertz CT molecular complexity index is 243. The number of amides is 2. The zero-order valence-corrected chi connectivity index (χ0v) is 9.93. The number of aliphatic hydroxyl groups is 1. The fourth-order valence-electron chi connectivity index (χ4n) is 1.13. The molecule has 0 aromatic heterocycles. The first kappa shape index (κ1) is 14.7. The van der Waals surface area contributed by atoms with E-state index in [1.165, 1.54) is 11.8 Å². The number of carbonyl (C=O) groups excluding carboxylic acids is 1. The molecule has 0 aliphatic heterocycles. The Kier molecular flexibility index (Phi) is 6.48. The maximum atomic E-state index is 11.6. The highest BCUT2D eigenvalue weighted by atomic mass is 16.4. The molecule has 94 valence electrons. The van der Waals surface area contributed by atoms with Gasteiger partial charge in [0.1, 0.15) is 0 Å². The molecule has 1 atom stereocenters. The van der Waals surface area contributed by atoms with Crippen LogP contribution in [0.1, 0.15) is 20.8 Å². The largest absolute Gasteiger partial charge is 0.481 e. The molecule has 0 aromatic carbocycles. The summed E-state index contributed by atoms with van der Waals surface area (Å²) in [6, 6.07) is -0.385. The van der Waals surface area contributed by atoms with Gasteiger partial charge in [0, 0.05) is 19.1 Å². The molecule has 0 bridgehead atoms. The zero-order chi connectivity index (χ0) is 12.7. The van der Waals surface area contributed by atoms with Gasteiger partial charge in [0.2, 0.25) is 0 Å². The van der Waals surface area contributed by atoms with Crippen LogP contribution in [0.4, 0.5) is 4.79 Å². The molecule has 0 fully saturated rings. The second kappa shape index (κ2) is 7.05. The third kappa shape index (κ3) is 4.97. The number of carboxylic acids is 1. The van der Waals surface area contributed by atoms with Crippen molar-refractivity contribution in [3.05, 3.63) is 0 Å². The smallest absolute Gasteiger partial charge is 0.317 e. The number of aliphatic carboxylic acids is 1. The predicted molar refractivity (Wildman–Crippen MR) is 59.1 cm³/mol. The van der Waals surface area contributed by atoms with Crippen molar-refractivity contribution in [1.82, 2.24) is 10.2 Å². The van der Waals surface area contributed by atoms with Crippen LogP contribution < -0.4 is 5.32 Å². The lowest BCUT2D eigenvalue weighted by Crippen LogP contribution is -2.46. The van der Waals surface area contributed by atoms with Crippen molar-refractivity contribution in [3.8, 4) is 0 Å². The Balaban J connectivity index is 4.16. The van der Waals surface area contributed by atoms with Crippen LogP contribution in [0.5, 0.6) is 0 Å². The lowest BCUT2D eigenvalue weighted by Gasteiger charge is -2.26. The van der Waals surface area contributed by atoms with Crippen molar-refractivity contribution in [1.29, 1.82) is 0 Å². The van der Waals surface area contributed by atoms with Gasteiger partial charge in [0.05, 0.1) is 12.5 Å². The number of nitrogens with zero attached hydrogens (tertiary/aromatic N) is 1. The molecule has 0 saturated carbocycles. The van der Waals surface area contributed by atoms with Crippen LogP contribution in [0.2, 0.25) is 0 Å². The summed E-state index contributed by atoms with van der Waals surface area (Å²) in [6.07, 6.45) is 0. The molecule has 0 spiro atoms. The van der Waals surface area contributed by atoms with E-state index in [9.17, 15) is 9.59 Å². The van der Waals surface area contributed by atoms with Gasteiger partial charge in [-0.25, -0.2) is 4.79 Å². The van der Waals surface area contributed by atoms with Crippen LogP contribution in [-0.4, -0.2) is 52.9 Å². The van der Waals surface area contributed by atoms with E-state index >= 15 is 0 Å². The average molecular weight is 232 g/mol. The van der Waals surface area contributed by atoms with Gasteiger partial charge in [0.25, 0.3) is 0 Å². The van der Waals surface area contributed by atoms with Gasteiger partial charge in [-0.3, -0.25) is 4.79 Å². The van der Waals surface area contributed by atoms with Crippen LogP contribution in [0.3, 0.4) is 0 Å². The Labute approximate surface area is 95.2 Å². The molecule has 2 amide bonds. The summed E-state index contributed by atoms with van der Waals surface area (Å²) in [6.45, 7) is 5.40. The summed E-state index contributed by atoms with van der Waals surface area (Å²) >= 11 is 0. The highest BCUT2D eigenvalue weighted by molar-refractivity contribution is 5.76. The minimum atomic E-state index is -0.946. The predicted octanol–water partition coefficient (Wildman–Crippen LogP) is 0.119. The van der Waals surface area contributed by atoms with E-state index in [1.807, 2.05) is 13.8 Å². The van der Waals surface area contributed by atoms with Gasteiger partial charge >= 0.3 is 12.0 Å². The standard InChI is InChI=1S/C10H20N2O4/c1-7(2)12(4-5-13)10(16)11-6-8(3)9(14)15/h7-8,13H,4-6H2,1-3H3,(H,11,16)(H,14,15). The number of carbonyl (C=O) groups is 2. The molecule has 0 rings (SSSR count). The van der Waals surface area contributed by atoms with Crippen molar-refractivity contribution in [2.45, 2.75) is 26.8 Å². The normalized spacial score (nSPS) is 12.3. The number of aliphatic hydroxyl groups excluding tert-OH is 1. The Morgan fingerprint density at radius 3 is 2.25 bits per heavy atom. The quantitative estimate of drug-likeness (QED) is 0.606. The topological polar surface area (TPSA) is 89.9 Å². The SMILES string of the molecule is CC(CNC(=O)N(CCO)C(C)C)C(=O)O. The van der Waals surface area contributed by atoms with E-state index in [0.29, 0.717) is 0 Å². The summed E-state index contributed by atoms with van der Waals surface area (Å²) in [4.78, 5) is 23.6. The van der Waals surface area contributed by atoms with E-state index < -0.39 is 11.9 Å². The van der Waals surface area contributed by atoms with Crippen LogP contribution in [0, 0.1) is 5.92 Å². The van der Waals surface area contributed by atoms with E-state index in [4.69, 9.17) is 10.2 Å². The van der Waals surface area contributed by atoms with Crippen LogP contribution in [-0.2, 0) is 4.79 Å². The molecular formula is C10H20N2O4. The average Bonchev–Trinajstić information content (AvgIpc) is 2.21. The summed E-state index contributed by atoms with van der Waals surface area (Å²) < 4.78 is 0. The number of hydrogen-bond acceptors (Lipinski definition) is 3. The summed E-state index contributed by atoms with van der Waals surface area (Å²) in [5, 5.41) is 20.0. The monoisotopic (exact) mass is 232 g/mol. The van der Waals surface area contributed by atoms with Crippen LogP contribution in [0.25, 0.3) is 0 Å². The summed E-state index contributed by atoms with van der Waals surface area (Å²) in [5.41, 5.74) is 0. The fraction of sp³-hybridized carbons (Fsp3) is 0.800. The molecule has 3 N–H and O–H groups in total. The second-order valence-corrected chi connectivity index (χ2v) is 3.94. The van der Waals surface area contributed by atoms with Gasteiger partial charge in [-0.2, -0.15) is 0 Å². The maximum Gasteiger partial charge on any atom is 0.317 e. The summed E-state index contributed by atoms with van der Waals surface area (Å²) in [5.74, 6) is -1.56. The zero-order valence-electron chi connectivity index (χ0n) is 9.93. The maximum absolute atomic E-state index is 11.6. The molecule has 0 aliphatic rings. The fourth-order valence-corrected chi connectivity index (χ4v) is 1.13. The lowest BCUT2D eigenvalue weighted by molar-refractivity contribution is -0.140. The minimum absolute atomic E-state index is 0.0349. The van der Waals surface area contributed by atoms with E-state index in [0.717, 1.165) is 0 Å². The lowest BCUT2D eigenvalue weighted by atomic mass is 10.2. The Morgan fingerprint density at radius 2 is 1.88 bits per heavy atom.